The van der Waals surface area contributed by atoms with E-state index < -0.39 is 21.6 Å². The molecule has 3 heterocycles. The van der Waals surface area contributed by atoms with Gasteiger partial charge in [-0.25, -0.2) is 4.98 Å². The van der Waals surface area contributed by atoms with Crippen LogP contribution in [-0.4, -0.2) is 19.2 Å². The number of rotatable bonds is 4. The van der Waals surface area contributed by atoms with Crippen LogP contribution in [0.15, 0.2) is 33.1 Å². The third kappa shape index (κ3) is 2.36. The molecule has 0 amide bonds. The van der Waals surface area contributed by atoms with Gasteiger partial charge in [-0.2, -0.15) is 4.37 Å². The Morgan fingerprint density at radius 3 is 2.10 bits per heavy atom. The maximum atomic E-state index is 10.5. The SMILES string of the molecule is O=[N+]([O-])c1ccc(-c2nsc(-c3ccc([N+](=O)[O-])o3)n2)o1. The minimum Gasteiger partial charge on any atom is -0.398 e. The van der Waals surface area contributed by atoms with E-state index in [0.29, 0.717) is 5.01 Å². The highest BCUT2D eigenvalue weighted by Crippen LogP contribution is 2.31. The lowest BCUT2D eigenvalue weighted by atomic mass is 10.4. The van der Waals surface area contributed by atoms with Crippen molar-refractivity contribution in [3.05, 3.63) is 44.5 Å². The molecule has 0 radical (unpaired) electrons. The molecule has 0 unspecified atom stereocenters. The Kier molecular flexibility index (Phi) is 2.95. The Morgan fingerprint density at radius 2 is 1.52 bits per heavy atom. The summed E-state index contributed by atoms with van der Waals surface area (Å²) < 4.78 is 13.9. The second kappa shape index (κ2) is 4.79. The predicted octanol–water partition coefficient (Wildman–Crippen LogP) is 2.87. The summed E-state index contributed by atoms with van der Waals surface area (Å²) in [5.41, 5.74) is 0. The van der Waals surface area contributed by atoms with E-state index in [2.05, 4.69) is 9.36 Å². The number of nitrogens with zero attached hydrogens (tertiary/aromatic N) is 4. The van der Waals surface area contributed by atoms with Crippen LogP contribution in [0.3, 0.4) is 0 Å². The normalized spacial score (nSPS) is 10.7. The van der Waals surface area contributed by atoms with Crippen molar-refractivity contribution < 1.29 is 18.7 Å². The largest absolute Gasteiger partial charge is 0.433 e. The zero-order chi connectivity index (χ0) is 15.0. The average Bonchev–Trinajstić information content (AvgIpc) is 3.18. The van der Waals surface area contributed by atoms with Crippen molar-refractivity contribution in [2.75, 3.05) is 0 Å². The van der Waals surface area contributed by atoms with Crippen LogP contribution in [0.5, 0.6) is 0 Å². The summed E-state index contributed by atoms with van der Waals surface area (Å²) >= 11 is 0.933. The maximum Gasteiger partial charge on any atom is 0.433 e. The van der Waals surface area contributed by atoms with Crippen molar-refractivity contribution in [2.45, 2.75) is 0 Å². The molecule has 21 heavy (non-hydrogen) atoms. The Balaban J connectivity index is 1.91. The highest BCUT2D eigenvalue weighted by Gasteiger charge is 2.20. The molecule has 0 aromatic carbocycles. The molecule has 0 N–H and O–H groups in total. The molecule has 3 aromatic heterocycles. The van der Waals surface area contributed by atoms with Gasteiger partial charge < -0.3 is 8.83 Å². The van der Waals surface area contributed by atoms with Gasteiger partial charge in [0.15, 0.2) is 16.5 Å². The minimum absolute atomic E-state index is 0.130. The number of hydrogen-bond donors (Lipinski definition) is 0. The molecule has 10 nitrogen and oxygen atoms in total. The van der Waals surface area contributed by atoms with E-state index in [-0.39, 0.29) is 17.3 Å². The first-order chi connectivity index (χ1) is 10.0. The van der Waals surface area contributed by atoms with Crippen LogP contribution in [0.1, 0.15) is 0 Å². The van der Waals surface area contributed by atoms with Gasteiger partial charge in [-0.3, -0.25) is 20.2 Å². The highest BCUT2D eigenvalue weighted by atomic mass is 32.1. The second-order valence-corrected chi connectivity index (χ2v) is 4.46. The monoisotopic (exact) mass is 308 g/mol. The molecule has 0 fully saturated rings. The summed E-state index contributed by atoms with van der Waals surface area (Å²) in [5, 5.41) is 21.4. The molecule has 106 valence electrons. The third-order valence-electron chi connectivity index (χ3n) is 2.40. The van der Waals surface area contributed by atoms with Crippen molar-refractivity contribution in [2.24, 2.45) is 0 Å². The van der Waals surface area contributed by atoms with E-state index >= 15 is 0 Å². The molecule has 0 bridgehead atoms. The predicted molar refractivity (Wildman–Crippen MR) is 68.6 cm³/mol. The number of hydrogen-bond acceptors (Lipinski definition) is 9. The van der Waals surface area contributed by atoms with Crippen LogP contribution < -0.4 is 0 Å². The van der Waals surface area contributed by atoms with Gasteiger partial charge in [0, 0.05) is 0 Å². The van der Waals surface area contributed by atoms with Gasteiger partial charge in [0.25, 0.3) is 0 Å². The molecule has 11 heteroatoms. The fourth-order valence-electron chi connectivity index (χ4n) is 1.51. The Labute approximate surface area is 119 Å². The summed E-state index contributed by atoms with van der Waals surface area (Å²) in [5.74, 6) is -0.371. The molecular weight excluding hydrogens is 304 g/mol. The van der Waals surface area contributed by atoms with Crippen molar-refractivity contribution in [1.82, 2.24) is 9.36 Å². The summed E-state index contributed by atoms with van der Waals surface area (Å²) in [6.45, 7) is 0. The molecule has 3 rings (SSSR count). The summed E-state index contributed by atoms with van der Waals surface area (Å²) in [4.78, 5) is 23.8. The van der Waals surface area contributed by atoms with Crippen molar-refractivity contribution >= 4 is 23.3 Å². The third-order valence-corrected chi connectivity index (χ3v) is 3.13. The van der Waals surface area contributed by atoms with Crippen molar-refractivity contribution in [1.29, 1.82) is 0 Å². The van der Waals surface area contributed by atoms with Gasteiger partial charge in [-0.1, -0.05) is 0 Å². The molecule has 0 aliphatic heterocycles. The second-order valence-electron chi connectivity index (χ2n) is 3.71. The standard InChI is InChI=1S/C10H4N4O6S/c15-13(16)7-3-1-5(19-7)9-11-10(21-12-9)6-2-4-8(20-6)14(17)18/h1-4H. The zero-order valence-corrected chi connectivity index (χ0v) is 10.8. The molecule has 3 aromatic rings. The molecule has 0 spiro atoms. The van der Waals surface area contributed by atoms with E-state index in [9.17, 15) is 20.2 Å². The van der Waals surface area contributed by atoms with Crippen LogP contribution in [-0.2, 0) is 0 Å². The van der Waals surface area contributed by atoms with Gasteiger partial charge in [0.1, 0.15) is 9.85 Å². The first kappa shape index (κ1) is 12.9. The van der Waals surface area contributed by atoms with Crippen molar-refractivity contribution in [3.8, 4) is 22.4 Å². The molecule has 0 atom stereocenters. The quantitative estimate of drug-likeness (QED) is 0.529. The van der Waals surface area contributed by atoms with Crippen molar-refractivity contribution in [3.63, 3.8) is 0 Å². The van der Waals surface area contributed by atoms with Crippen LogP contribution in [0.2, 0.25) is 0 Å². The van der Waals surface area contributed by atoms with Gasteiger partial charge in [-0.15, -0.1) is 0 Å². The van der Waals surface area contributed by atoms with Gasteiger partial charge >= 0.3 is 11.8 Å². The fraction of sp³-hybridized carbons (Fsp3) is 0. The number of furan rings is 2. The Bertz CT molecular complexity index is 767. The van der Waals surface area contributed by atoms with E-state index in [0.717, 1.165) is 11.5 Å². The molecule has 0 aliphatic carbocycles. The zero-order valence-electron chi connectivity index (χ0n) is 9.96. The first-order valence-electron chi connectivity index (χ1n) is 5.37. The summed E-state index contributed by atoms with van der Waals surface area (Å²) in [6.07, 6.45) is 0. The van der Waals surface area contributed by atoms with Crippen LogP contribution >= 0.6 is 11.5 Å². The Hall–Kier alpha value is -3.08. The number of aromatic nitrogens is 2. The highest BCUT2D eigenvalue weighted by molar-refractivity contribution is 7.09. The van der Waals surface area contributed by atoms with E-state index in [1.54, 1.807) is 0 Å². The minimum atomic E-state index is -0.674. The average molecular weight is 308 g/mol. The van der Waals surface area contributed by atoms with Gasteiger partial charge in [0.05, 0.1) is 12.1 Å². The number of nitro groups is 2. The summed E-state index contributed by atoms with van der Waals surface area (Å²) in [7, 11) is 0. The van der Waals surface area contributed by atoms with E-state index in [1.165, 1.54) is 24.3 Å². The van der Waals surface area contributed by atoms with Gasteiger partial charge in [0.2, 0.25) is 5.82 Å². The lowest BCUT2D eigenvalue weighted by Gasteiger charge is -1.87. The molecule has 0 aliphatic rings. The van der Waals surface area contributed by atoms with E-state index in [4.69, 9.17) is 8.83 Å². The lowest BCUT2D eigenvalue weighted by Crippen LogP contribution is -1.83. The summed E-state index contributed by atoms with van der Waals surface area (Å²) in [6, 6.07) is 5.16. The van der Waals surface area contributed by atoms with Gasteiger partial charge in [-0.05, 0) is 23.7 Å². The topological polar surface area (TPSA) is 138 Å². The first-order valence-corrected chi connectivity index (χ1v) is 6.15. The maximum absolute atomic E-state index is 10.5. The smallest absolute Gasteiger partial charge is 0.398 e. The fourth-order valence-corrected chi connectivity index (χ4v) is 2.14. The van der Waals surface area contributed by atoms with Crippen LogP contribution in [0.4, 0.5) is 11.8 Å². The molecule has 0 saturated carbocycles. The van der Waals surface area contributed by atoms with Crippen LogP contribution in [0, 0.1) is 20.2 Å². The molecule has 0 saturated heterocycles. The van der Waals surface area contributed by atoms with Crippen LogP contribution in [0.25, 0.3) is 22.4 Å². The lowest BCUT2D eigenvalue weighted by molar-refractivity contribution is -0.402. The Morgan fingerprint density at radius 1 is 0.952 bits per heavy atom. The van der Waals surface area contributed by atoms with E-state index in [1.807, 2.05) is 0 Å². The molecular formula is C10H4N4O6S.